The number of amides is 2. The van der Waals surface area contributed by atoms with E-state index >= 15 is 0 Å². The number of nitrogens with two attached hydrogens (primary N) is 3. The smallest absolute Gasteiger partial charge is 0.300 e. The lowest BCUT2D eigenvalue weighted by Gasteiger charge is -2.05. The van der Waals surface area contributed by atoms with E-state index < -0.39 is 19.4 Å². The van der Waals surface area contributed by atoms with E-state index in [-0.39, 0.29) is 11.5 Å². The fourth-order valence-electron chi connectivity index (χ4n) is 1.10. The van der Waals surface area contributed by atoms with Gasteiger partial charge in [0.2, 0.25) is 0 Å². The molecule has 0 saturated carbocycles. The Morgan fingerprint density at radius 3 is 1.73 bits per heavy atom. The first-order valence-corrected chi connectivity index (χ1v) is 8.82. The van der Waals surface area contributed by atoms with Crippen LogP contribution in [0.2, 0.25) is 0 Å². The summed E-state index contributed by atoms with van der Waals surface area (Å²) in [7, 11) is -3.55. The zero-order valence-corrected chi connectivity index (χ0v) is 14.9. The molecule has 2 heterocycles. The number of hydrogen-bond acceptors (Lipinski definition) is 5. The maximum atomic E-state index is 11.1. The van der Waals surface area contributed by atoms with Gasteiger partial charge in [0.15, 0.2) is 20.9 Å². The van der Waals surface area contributed by atoms with Gasteiger partial charge in [-0.25, -0.2) is 0 Å². The zero-order valence-electron chi connectivity index (χ0n) is 10.8. The Morgan fingerprint density at radius 1 is 1.00 bits per heavy atom. The molecule has 0 radical (unpaired) electrons. The molecular weight excluding hydrogens is 447 g/mol. The molecule has 0 aliphatic rings. The first kappa shape index (κ1) is 18.7. The predicted octanol–water partition coefficient (Wildman–Crippen LogP) is 1.94. The molecule has 0 spiro atoms. The molecule has 7 N–H and O–H groups in total. The fraction of sp³-hybridized carbons (Fsp3) is 0. The van der Waals surface area contributed by atoms with E-state index in [1.807, 2.05) is 5.09 Å². The van der Waals surface area contributed by atoms with Crippen molar-refractivity contribution in [2.45, 2.75) is 0 Å². The lowest BCUT2D eigenvalue weighted by Crippen LogP contribution is -2.28. The van der Waals surface area contributed by atoms with Crippen molar-refractivity contribution in [3.8, 4) is 0 Å². The van der Waals surface area contributed by atoms with Crippen LogP contribution in [0.3, 0.4) is 0 Å². The lowest BCUT2D eigenvalue weighted by atomic mass is 10.4. The Hall–Kier alpha value is -1.39. The maximum absolute atomic E-state index is 11.1. The number of primary amides is 1. The molecule has 0 fully saturated rings. The summed E-state index contributed by atoms with van der Waals surface area (Å²) in [6, 6.07) is 6.04. The number of hydrogen-bond donors (Lipinski definition) is 4. The molecular formula is C10H11Br2N4O5P. The summed E-state index contributed by atoms with van der Waals surface area (Å²) in [5, 5.41) is 1.91. The normalized spacial score (nSPS) is 10.5. The standard InChI is InChI=1S/C5H7BrN3O3P.C5H4BrNO2/c6-4-2-1-3(12-4)5(10)9-13(7,8)11;6-4-2-1-3(9-4)5(7)8/h1-2H,(H5,7,8,9,10,11);1-2H,(H2,7,8). The summed E-state index contributed by atoms with van der Waals surface area (Å²) in [5.74, 6) is -1.11. The topological polar surface area (TPSA) is 168 Å². The van der Waals surface area contributed by atoms with Gasteiger partial charge in [-0.3, -0.25) is 30.2 Å². The van der Waals surface area contributed by atoms with Gasteiger partial charge in [0, 0.05) is 0 Å². The second-order valence-electron chi connectivity index (χ2n) is 3.72. The molecule has 120 valence electrons. The number of furan rings is 2. The molecule has 0 unspecified atom stereocenters. The summed E-state index contributed by atoms with van der Waals surface area (Å²) >= 11 is 6.03. The van der Waals surface area contributed by atoms with Crippen molar-refractivity contribution in [1.29, 1.82) is 0 Å². The van der Waals surface area contributed by atoms with Crippen LogP contribution in [0.5, 0.6) is 0 Å². The lowest BCUT2D eigenvalue weighted by molar-refractivity contribution is 0.0949. The van der Waals surface area contributed by atoms with Gasteiger partial charge in [0.05, 0.1) is 0 Å². The Bertz CT molecular complexity index is 722. The van der Waals surface area contributed by atoms with Crippen LogP contribution in [-0.4, -0.2) is 11.8 Å². The van der Waals surface area contributed by atoms with E-state index in [9.17, 15) is 14.2 Å². The zero-order chi connectivity index (χ0) is 16.9. The van der Waals surface area contributed by atoms with Crippen molar-refractivity contribution < 1.29 is 23.0 Å². The van der Waals surface area contributed by atoms with Crippen molar-refractivity contribution in [3.05, 3.63) is 45.1 Å². The van der Waals surface area contributed by atoms with Gasteiger partial charge in [0.1, 0.15) is 0 Å². The average molecular weight is 458 g/mol. The number of carbonyl (C=O) groups excluding carboxylic acids is 2. The van der Waals surface area contributed by atoms with Crippen LogP contribution in [0.4, 0.5) is 0 Å². The van der Waals surface area contributed by atoms with E-state index in [0.717, 1.165) is 0 Å². The number of nitrogens with one attached hydrogen (secondary N) is 1. The van der Waals surface area contributed by atoms with E-state index in [2.05, 4.69) is 31.9 Å². The first-order valence-electron chi connectivity index (χ1n) is 5.39. The highest BCUT2D eigenvalue weighted by atomic mass is 79.9. The van der Waals surface area contributed by atoms with Crippen LogP contribution in [0.25, 0.3) is 0 Å². The average Bonchev–Trinajstić information content (AvgIpc) is 2.96. The quantitative estimate of drug-likeness (QED) is 0.510. The van der Waals surface area contributed by atoms with Gasteiger partial charge in [-0.05, 0) is 56.1 Å². The van der Waals surface area contributed by atoms with Crippen molar-refractivity contribution in [2.75, 3.05) is 0 Å². The Kier molecular flexibility index (Phi) is 6.57. The second kappa shape index (κ2) is 7.75. The van der Waals surface area contributed by atoms with Gasteiger partial charge in [-0.1, -0.05) is 0 Å². The molecule has 2 aromatic rings. The molecule has 2 rings (SSSR count). The molecule has 0 bridgehead atoms. The molecule has 9 nitrogen and oxygen atoms in total. The van der Waals surface area contributed by atoms with Crippen LogP contribution in [0.15, 0.2) is 42.4 Å². The van der Waals surface area contributed by atoms with E-state index in [4.69, 9.17) is 25.6 Å². The van der Waals surface area contributed by atoms with E-state index in [1.165, 1.54) is 18.2 Å². The molecule has 2 aromatic heterocycles. The molecule has 0 saturated heterocycles. The summed E-state index contributed by atoms with van der Waals surface area (Å²) in [4.78, 5) is 21.4. The third kappa shape index (κ3) is 6.58. The molecule has 0 aromatic carbocycles. The molecule has 22 heavy (non-hydrogen) atoms. The number of carbonyl (C=O) groups is 2. The highest BCUT2D eigenvalue weighted by Gasteiger charge is 2.17. The summed E-state index contributed by atoms with van der Waals surface area (Å²) in [6.07, 6.45) is 0. The molecule has 0 aliphatic carbocycles. The Balaban J connectivity index is 0.000000235. The first-order chi connectivity index (χ1) is 10.1. The van der Waals surface area contributed by atoms with Crippen LogP contribution in [0.1, 0.15) is 21.1 Å². The van der Waals surface area contributed by atoms with E-state index in [0.29, 0.717) is 9.34 Å². The van der Waals surface area contributed by atoms with Crippen molar-refractivity contribution in [1.82, 2.24) is 5.09 Å². The largest absolute Gasteiger partial charge is 0.444 e. The van der Waals surface area contributed by atoms with Crippen LogP contribution in [-0.2, 0) is 4.57 Å². The maximum Gasteiger partial charge on any atom is 0.300 e. The number of halogens is 2. The summed E-state index contributed by atoms with van der Waals surface area (Å²) in [5.41, 5.74) is 14.7. The van der Waals surface area contributed by atoms with Crippen molar-refractivity contribution >= 4 is 51.3 Å². The highest BCUT2D eigenvalue weighted by Crippen LogP contribution is 2.20. The minimum absolute atomic E-state index is 0.0111. The fourth-order valence-corrected chi connectivity index (χ4v) is 2.14. The predicted molar refractivity (Wildman–Crippen MR) is 84.8 cm³/mol. The Morgan fingerprint density at radius 2 is 1.45 bits per heavy atom. The van der Waals surface area contributed by atoms with Gasteiger partial charge >= 0.3 is 7.59 Å². The van der Waals surface area contributed by atoms with Gasteiger partial charge in [0.25, 0.3) is 11.8 Å². The van der Waals surface area contributed by atoms with Gasteiger partial charge in [-0.15, -0.1) is 0 Å². The van der Waals surface area contributed by atoms with Gasteiger partial charge in [-0.2, -0.15) is 0 Å². The molecule has 2 amide bonds. The molecule has 12 heteroatoms. The minimum Gasteiger partial charge on any atom is -0.444 e. The monoisotopic (exact) mass is 456 g/mol. The summed E-state index contributed by atoms with van der Waals surface area (Å²) in [6.45, 7) is 0. The Labute approximate surface area is 141 Å². The number of rotatable bonds is 3. The van der Waals surface area contributed by atoms with Crippen LogP contribution in [0, 0.1) is 0 Å². The van der Waals surface area contributed by atoms with Crippen LogP contribution < -0.4 is 21.8 Å². The van der Waals surface area contributed by atoms with Crippen molar-refractivity contribution in [2.24, 2.45) is 16.7 Å². The second-order valence-corrected chi connectivity index (χ2v) is 6.93. The highest BCUT2D eigenvalue weighted by molar-refractivity contribution is 9.10. The van der Waals surface area contributed by atoms with E-state index in [1.54, 1.807) is 6.07 Å². The summed E-state index contributed by atoms with van der Waals surface area (Å²) < 4.78 is 21.3. The van der Waals surface area contributed by atoms with Gasteiger partial charge < -0.3 is 14.6 Å². The molecule has 0 aliphatic heterocycles. The SMILES string of the molecule is NC(=O)c1ccc(Br)o1.NP(N)(=O)NC(=O)c1ccc(Br)o1. The third-order valence-corrected chi connectivity index (χ3v) is 3.29. The van der Waals surface area contributed by atoms with Crippen molar-refractivity contribution in [3.63, 3.8) is 0 Å². The third-order valence-electron chi connectivity index (χ3n) is 1.89. The minimum atomic E-state index is -3.55. The molecule has 0 atom stereocenters. The van der Waals surface area contributed by atoms with Crippen LogP contribution >= 0.6 is 39.5 Å².